The van der Waals surface area contributed by atoms with E-state index in [0.29, 0.717) is 24.4 Å². The highest BCUT2D eigenvalue weighted by Gasteiger charge is 2.33. The summed E-state index contributed by atoms with van der Waals surface area (Å²) in [7, 11) is -4.58. The monoisotopic (exact) mass is 492 g/mol. The molecule has 34 heavy (non-hydrogen) atoms. The standard InChI is InChI=1S/C23H19F3N2O5S/c24-23(25,26)19-9-6-17(7-10-19)21(13-29)34(31,32)28-22(30)18-8-11-20(27-12-18)15-33-14-16-4-2-1-3-5-16/h1-13,21H,14-15H2,(H,28,30). The molecule has 3 aromatic rings. The first-order valence-electron chi connectivity index (χ1n) is 9.85. The van der Waals surface area contributed by atoms with Crippen LogP contribution < -0.4 is 4.72 Å². The molecule has 1 unspecified atom stereocenters. The minimum absolute atomic E-state index is 0.0314. The number of halogens is 3. The molecule has 0 bridgehead atoms. The van der Waals surface area contributed by atoms with E-state index in [0.717, 1.165) is 23.9 Å². The van der Waals surface area contributed by atoms with E-state index in [2.05, 4.69) is 4.98 Å². The van der Waals surface area contributed by atoms with Crippen LogP contribution in [0.3, 0.4) is 0 Å². The molecule has 0 fully saturated rings. The van der Waals surface area contributed by atoms with Crippen molar-refractivity contribution in [1.29, 1.82) is 0 Å². The normalized spacial score (nSPS) is 12.7. The van der Waals surface area contributed by atoms with Gasteiger partial charge in [-0.05, 0) is 35.4 Å². The summed E-state index contributed by atoms with van der Waals surface area (Å²) < 4.78 is 70.5. The van der Waals surface area contributed by atoms with E-state index in [4.69, 9.17) is 4.74 Å². The van der Waals surface area contributed by atoms with Crippen LogP contribution in [0.25, 0.3) is 0 Å². The lowest BCUT2D eigenvalue weighted by atomic mass is 10.1. The summed E-state index contributed by atoms with van der Waals surface area (Å²) in [6.45, 7) is 0.524. The second kappa shape index (κ2) is 10.6. The van der Waals surface area contributed by atoms with Crippen LogP contribution in [0.2, 0.25) is 0 Å². The average Bonchev–Trinajstić information content (AvgIpc) is 2.80. The molecule has 1 atom stereocenters. The number of aldehydes is 1. The zero-order valence-corrected chi connectivity index (χ0v) is 18.3. The third-order valence-electron chi connectivity index (χ3n) is 4.71. The first kappa shape index (κ1) is 25.1. The highest BCUT2D eigenvalue weighted by atomic mass is 32.2. The Labute approximate surface area is 193 Å². The fourth-order valence-electron chi connectivity index (χ4n) is 2.94. The van der Waals surface area contributed by atoms with Crippen molar-refractivity contribution in [3.63, 3.8) is 0 Å². The van der Waals surface area contributed by atoms with Crippen molar-refractivity contribution < 1.29 is 35.9 Å². The summed E-state index contributed by atoms with van der Waals surface area (Å²) >= 11 is 0. The molecule has 2 aromatic carbocycles. The third kappa shape index (κ3) is 6.49. The van der Waals surface area contributed by atoms with E-state index in [1.807, 2.05) is 30.3 Å². The van der Waals surface area contributed by atoms with Gasteiger partial charge < -0.3 is 9.53 Å². The van der Waals surface area contributed by atoms with E-state index in [1.54, 1.807) is 4.72 Å². The predicted molar refractivity (Wildman–Crippen MR) is 116 cm³/mol. The van der Waals surface area contributed by atoms with Gasteiger partial charge in [0, 0.05) is 6.20 Å². The fourth-order valence-corrected chi connectivity index (χ4v) is 4.10. The van der Waals surface area contributed by atoms with Gasteiger partial charge in [0.15, 0.2) is 5.25 Å². The van der Waals surface area contributed by atoms with Crippen LogP contribution in [0, 0.1) is 0 Å². The van der Waals surface area contributed by atoms with Gasteiger partial charge in [-0.3, -0.25) is 9.78 Å². The van der Waals surface area contributed by atoms with Crippen LogP contribution in [-0.4, -0.2) is 25.6 Å². The fraction of sp³-hybridized carbons (Fsp3) is 0.174. The van der Waals surface area contributed by atoms with Crippen molar-refractivity contribution in [2.45, 2.75) is 24.6 Å². The summed E-state index contributed by atoms with van der Waals surface area (Å²) in [4.78, 5) is 27.9. The van der Waals surface area contributed by atoms with Gasteiger partial charge in [0.05, 0.1) is 30.0 Å². The highest BCUT2D eigenvalue weighted by molar-refractivity contribution is 7.91. The Morgan fingerprint density at radius 3 is 2.24 bits per heavy atom. The number of benzene rings is 2. The van der Waals surface area contributed by atoms with Crippen molar-refractivity contribution in [1.82, 2.24) is 9.71 Å². The maximum Gasteiger partial charge on any atom is 0.416 e. The Morgan fingerprint density at radius 1 is 1.00 bits per heavy atom. The summed E-state index contributed by atoms with van der Waals surface area (Å²) in [5, 5.41) is -1.88. The van der Waals surface area contributed by atoms with Crippen molar-refractivity contribution in [2.24, 2.45) is 0 Å². The quantitative estimate of drug-likeness (QED) is 0.456. The predicted octanol–water partition coefficient (Wildman–Crippen LogP) is 3.82. The van der Waals surface area contributed by atoms with Crippen LogP contribution in [-0.2, 0) is 38.9 Å². The maximum absolute atomic E-state index is 12.7. The molecule has 0 saturated heterocycles. The number of nitrogens with one attached hydrogen (secondary N) is 1. The number of amides is 1. The lowest BCUT2D eigenvalue weighted by Gasteiger charge is -2.14. The molecular weight excluding hydrogens is 473 g/mol. The molecule has 1 amide bonds. The number of alkyl halides is 3. The van der Waals surface area contributed by atoms with Gasteiger partial charge in [0.1, 0.15) is 6.29 Å². The number of rotatable bonds is 9. The molecule has 1 aromatic heterocycles. The number of ether oxygens (including phenoxy) is 1. The van der Waals surface area contributed by atoms with Crippen LogP contribution in [0.1, 0.15) is 38.0 Å². The molecule has 0 aliphatic rings. The van der Waals surface area contributed by atoms with Crippen LogP contribution >= 0.6 is 0 Å². The lowest BCUT2D eigenvalue weighted by Crippen LogP contribution is -2.35. The molecule has 0 radical (unpaired) electrons. The minimum Gasteiger partial charge on any atom is -0.370 e. The number of nitrogens with zero attached hydrogens (tertiary/aromatic N) is 1. The molecule has 178 valence electrons. The first-order valence-corrected chi connectivity index (χ1v) is 11.4. The number of hydrogen-bond donors (Lipinski definition) is 1. The smallest absolute Gasteiger partial charge is 0.370 e. The zero-order valence-electron chi connectivity index (χ0n) is 17.5. The Bertz CT molecular complexity index is 1230. The molecule has 0 spiro atoms. The Hall–Kier alpha value is -3.57. The second-order valence-electron chi connectivity index (χ2n) is 7.17. The van der Waals surface area contributed by atoms with Gasteiger partial charge in [0.25, 0.3) is 5.91 Å². The van der Waals surface area contributed by atoms with Crippen LogP contribution in [0.5, 0.6) is 0 Å². The summed E-state index contributed by atoms with van der Waals surface area (Å²) in [6, 6.07) is 15.3. The van der Waals surface area contributed by atoms with Crippen molar-refractivity contribution in [3.8, 4) is 0 Å². The summed E-state index contributed by atoms with van der Waals surface area (Å²) in [6.07, 6.45) is -3.43. The van der Waals surface area contributed by atoms with E-state index in [1.165, 1.54) is 12.1 Å². The molecule has 0 saturated carbocycles. The zero-order chi connectivity index (χ0) is 24.8. The molecule has 0 aliphatic heterocycles. The number of aromatic nitrogens is 1. The number of sulfonamides is 1. The van der Waals surface area contributed by atoms with Crippen molar-refractivity contribution in [2.75, 3.05) is 0 Å². The first-order chi connectivity index (χ1) is 16.1. The van der Waals surface area contributed by atoms with Gasteiger partial charge in [0.2, 0.25) is 10.0 Å². The summed E-state index contributed by atoms with van der Waals surface area (Å²) in [5.41, 5.74) is 0.174. The molecule has 7 nitrogen and oxygen atoms in total. The number of pyridine rings is 1. The van der Waals surface area contributed by atoms with Crippen LogP contribution in [0.4, 0.5) is 13.2 Å². The third-order valence-corrected chi connectivity index (χ3v) is 6.23. The number of carbonyl (C=O) groups excluding carboxylic acids is 2. The minimum atomic E-state index is -4.62. The SMILES string of the molecule is O=CC(c1ccc(C(F)(F)F)cc1)S(=O)(=O)NC(=O)c1ccc(COCc2ccccc2)nc1. The van der Waals surface area contributed by atoms with E-state index in [9.17, 15) is 31.2 Å². The van der Waals surface area contributed by atoms with E-state index < -0.39 is 32.9 Å². The molecule has 11 heteroatoms. The number of hydrogen-bond acceptors (Lipinski definition) is 6. The van der Waals surface area contributed by atoms with Crippen molar-refractivity contribution in [3.05, 3.63) is 101 Å². The Kier molecular flexibility index (Phi) is 7.79. The molecule has 1 heterocycles. The van der Waals surface area contributed by atoms with E-state index >= 15 is 0 Å². The largest absolute Gasteiger partial charge is 0.416 e. The molecule has 3 rings (SSSR count). The van der Waals surface area contributed by atoms with Gasteiger partial charge >= 0.3 is 6.18 Å². The Balaban J connectivity index is 1.63. The van der Waals surface area contributed by atoms with Gasteiger partial charge in [-0.25, -0.2) is 13.1 Å². The van der Waals surface area contributed by atoms with Crippen molar-refractivity contribution >= 4 is 22.2 Å². The molecule has 1 N–H and O–H groups in total. The lowest BCUT2D eigenvalue weighted by molar-refractivity contribution is -0.137. The van der Waals surface area contributed by atoms with Gasteiger partial charge in [-0.2, -0.15) is 13.2 Å². The molecule has 0 aliphatic carbocycles. The maximum atomic E-state index is 12.7. The number of carbonyl (C=O) groups is 2. The highest BCUT2D eigenvalue weighted by Crippen LogP contribution is 2.30. The summed E-state index contributed by atoms with van der Waals surface area (Å²) in [5.74, 6) is -1.04. The average molecular weight is 492 g/mol. The molecular formula is C23H19F3N2O5S. The van der Waals surface area contributed by atoms with Crippen LogP contribution in [0.15, 0.2) is 72.9 Å². The Morgan fingerprint density at radius 2 is 1.68 bits per heavy atom. The second-order valence-corrected chi connectivity index (χ2v) is 8.97. The van der Waals surface area contributed by atoms with Gasteiger partial charge in [-0.1, -0.05) is 42.5 Å². The topological polar surface area (TPSA) is 102 Å². The van der Waals surface area contributed by atoms with Gasteiger partial charge in [-0.15, -0.1) is 0 Å². The van der Waals surface area contributed by atoms with E-state index in [-0.39, 0.29) is 24.0 Å².